The van der Waals surface area contributed by atoms with Crippen LogP contribution in [0.3, 0.4) is 0 Å². The molecule has 1 aromatic carbocycles. The standard InChI is InChI=1S/C19H23N3O2/c1-14-5-6-17(18(23)10-14)19(24)21-11-15-7-9-22(12-15)13-16-4-2-3-8-20-16/h2-6,8,10,15,23H,7,9,11-13H2,1H3,(H,21,24)/t15-/m0/s1. The fourth-order valence-corrected chi connectivity index (χ4v) is 3.11. The number of aromatic hydroxyl groups is 1. The van der Waals surface area contributed by atoms with Crippen molar-refractivity contribution in [2.24, 2.45) is 5.92 Å². The van der Waals surface area contributed by atoms with Crippen molar-refractivity contribution in [1.82, 2.24) is 15.2 Å². The second-order valence-electron chi connectivity index (χ2n) is 6.44. The maximum atomic E-state index is 12.2. The van der Waals surface area contributed by atoms with Crippen LogP contribution in [-0.4, -0.2) is 40.5 Å². The topological polar surface area (TPSA) is 65.5 Å². The molecule has 1 amide bonds. The molecule has 1 aliphatic heterocycles. The fourth-order valence-electron chi connectivity index (χ4n) is 3.11. The molecule has 24 heavy (non-hydrogen) atoms. The molecule has 1 aliphatic rings. The van der Waals surface area contributed by atoms with Gasteiger partial charge in [0.15, 0.2) is 0 Å². The zero-order valence-corrected chi connectivity index (χ0v) is 13.9. The van der Waals surface area contributed by atoms with Crippen molar-refractivity contribution in [2.45, 2.75) is 19.9 Å². The number of hydrogen-bond donors (Lipinski definition) is 2. The Kier molecular flexibility index (Phi) is 5.11. The number of carbonyl (C=O) groups excluding carboxylic acids is 1. The summed E-state index contributed by atoms with van der Waals surface area (Å²) in [5.74, 6) is 0.261. The first kappa shape index (κ1) is 16.5. The second kappa shape index (κ2) is 7.45. The molecule has 0 saturated carbocycles. The van der Waals surface area contributed by atoms with E-state index < -0.39 is 0 Å². The van der Waals surface area contributed by atoms with Crippen molar-refractivity contribution < 1.29 is 9.90 Å². The number of pyridine rings is 1. The van der Waals surface area contributed by atoms with Crippen LogP contribution in [0.15, 0.2) is 42.6 Å². The molecule has 0 bridgehead atoms. The second-order valence-corrected chi connectivity index (χ2v) is 6.44. The van der Waals surface area contributed by atoms with Crippen LogP contribution in [0.2, 0.25) is 0 Å². The Morgan fingerprint density at radius 2 is 2.25 bits per heavy atom. The summed E-state index contributed by atoms with van der Waals surface area (Å²) in [7, 11) is 0. The van der Waals surface area contributed by atoms with Gasteiger partial charge in [0.2, 0.25) is 0 Å². The number of phenolic OH excluding ortho intramolecular Hbond substituents is 1. The van der Waals surface area contributed by atoms with Crippen molar-refractivity contribution in [3.63, 3.8) is 0 Å². The molecule has 1 aromatic heterocycles. The van der Waals surface area contributed by atoms with Crippen molar-refractivity contribution in [1.29, 1.82) is 0 Å². The first-order chi connectivity index (χ1) is 11.6. The fraction of sp³-hybridized carbons (Fsp3) is 0.368. The van der Waals surface area contributed by atoms with E-state index in [0.29, 0.717) is 18.0 Å². The lowest BCUT2D eigenvalue weighted by Gasteiger charge is -2.16. The predicted octanol–water partition coefficient (Wildman–Crippen LogP) is 2.35. The summed E-state index contributed by atoms with van der Waals surface area (Å²) >= 11 is 0. The van der Waals surface area contributed by atoms with Crippen molar-refractivity contribution in [3.05, 3.63) is 59.4 Å². The quantitative estimate of drug-likeness (QED) is 0.886. The average Bonchev–Trinajstić information content (AvgIpc) is 3.01. The van der Waals surface area contributed by atoms with Crippen molar-refractivity contribution >= 4 is 5.91 Å². The van der Waals surface area contributed by atoms with Crippen LogP contribution in [-0.2, 0) is 6.54 Å². The number of rotatable bonds is 5. The molecule has 2 heterocycles. The predicted molar refractivity (Wildman–Crippen MR) is 92.8 cm³/mol. The monoisotopic (exact) mass is 325 g/mol. The van der Waals surface area contributed by atoms with Gasteiger partial charge < -0.3 is 10.4 Å². The molecule has 0 aliphatic carbocycles. The molecule has 2 N–H and O–H groups in total. The highest BCUT2D eigenvalue weighted by molar-refractivity contribution is 5.96. The van der Waals surface area contributed by atoms with E-state index in [-0.39, 0.29) is 11.7 Å². The molecular weight excluding hydrogens is 302 g/mol. The number of nitrogens with one attached hydrogen (secondary N) is 1. The van der Waals surface area contributed by atoms with Gasteiger partial charge in [-0.25, -0.2) is 0 Å². The molecule has 3 rings (SSSR count). The maximum absolute atomic E-state index is 12.2. The average molecular weight is 325 g/mol. The van der Waals surface area contributed by atoms with Gasteiger partial charge in [-0.15, -0.1) is 0 Å². The number of benzene rings is 1. The summed E-state index contributed by atoms with van der Waals surface area (Å²) in [6.45, 7) is 5.34. The van der Waals surface area contributed by atoms with Crippen LogP contribution in [0, 0.1) is 12.8 Å². The third-order valence-corrected chi connectivity index (χ3v) is 4.43. The van der Waals surface area contributed by atoms with E-state index in [1.165, 1.54) is 0 Å². The number of amides is 1. The summed E-state index contributed by atoms with van der Waals surface area (Å²) in [5, 5.41) is 12.8. The molecule has 126 valence electrons. The van der Waals surface area contributed by atoms with Crippen LogP contribution in [0.25, 0.3) is 0 Å². The molecule has 5 nitrogen and oxygen atoms in total. The lowest BCUT2D eigenvalue weighted by atomic mass is 10.1. The molecule has 0 spiro atoms. The van der Waals surface area contributed by atoms with Gasteiger partial charge in [0, 0.05) is 25.8 Å². The number of hydrogen-bond acceptors (Lipinski definition) is 4. The number of phenols is 1. The van der Waals surface area contributed by atoms with Crippen LogP contribution < -0.4 is 5.32 Å². The molecule has 1 atom stereocenters. The lowest BCUT2D eigenvalue weighted by Crippen LogP contribution is -2.31. The molecular formula is C19H23N3O2. The Labute approximate surface area is 142 Å². The van der Waals surface area contributed by atoms with E-state index in [1.54, 1.807) is 12.1 Å². The van der Waals surface area contributed by atoms with Gasteiger partial charge >= 0.3 is 0 Å². The molecule has 1 fully saturated rings. The third-order valence-electron chi connectivity index (χ3n) is 4.43. The summed E-state index contributed by atoms with van der Waals surface area (Å²) in [4.78, 5) is 18.9. The van der Waals surface area contributed by atoms with Gasteiger partial charge in [0.05, 0.1) is 11.3 Å². The van der Waals surface area contributed by atoms with Crippen molar-refractivity contribution in [3.8, 4) is 5.75 Å². The first-order valence-electron chi connectivity index (χ1n) is 8.32. The number of aromatic nitrogens is 1. The normalized spacial score (nSPS) is 17.8. The van der Waals surface area contributed by atoms with E-state index in [1.807, 2.05) is 37.4 Å². The largest absolute Gasteiger partial charge is 0.507 e. The molecule has 0 unspecified atom stereocenters. The van der Waals surface area contributed by atoms with Crippen LogP contribution >= 0.6 is 0 Å². The van der Waals surface area contributed by atoms with E-state index in [2.05, 4.69) is 15.2 Å². The Bertz CT molecular complexity index is 703. The minimum Gasteiger partial charge on any atom is -0.507 e. The Hall–Kier alpha value is -2.40. The van der Waals surface area contributed by atoms with Gasteiger partial charge in [0.25, 0.3) is 5.91 Å². The minimum absolute atomic E-state index is 0.0377. The minimum atomic E-state index is -0.212. The number of likely N-dealkylation sites (tertiary alicyclic amines) is 1. The number of carbonyl (C=O) groups is 1. The molecule has 0 radical (unpaired) electrons. The van der Waals surface area contributed by atoms with Crippen LogP contribution in [0.1, 0.15) is 28.0 Å². The van der Waals surface area contributed by atoms with E-state index in [4.69, 9.17) is 0 Å². The van der Waals surface area contributed by atoms with E-state index in [0.717, 1.165) is 37.3 Å². The first-order valence-corrected chi connectivity index (χ1v) is 8.32. The zero-order chi connectivity index (χ0) is 16.9. The summed E-state index contributed by atoms with van der Waals surface area (Å²) < 4.78 is 0. The van der Waals surface area contributed by atoms with Gasteiger partial charge in [-0.2, -0.15) is 0 Å². The highest BCUT2D eigenvalue weighted by Gasteiger charge is 2.23. The van der Waals surface area contributed by atoms with Gasteiger partial charge in [0.1, 0.15) is 5.75 Å². The third kappa shape index (κ3) is 4.11. The molecule has 5 heteroatoms. The van der Waals surface area contributed by atoms with Gasteiger partial charge in [-0.3, -0.25) is 14.7 Å². The van der Waals surface area contributed by atoms with E-state index in [9.17, 15) is 9.90 Å². The highest BCUT2D eigenvalue weighted by Crippen LogP contribution is 2.20. The van der Waals surface area contributed by atoms with Crippen LogP contribution in [0.5, 0.6) is 5.75 Å². The lowest BCUT2D eigenvalue weighted by molar-refractivity contribution is 0.0944. The van der Waals surface area contributed by atoms with Gasteiger partial charge in [-0.1, -0.05) is 12.1 Å². The smallest absolute Gasteiger partial charge is 0.255 e. The highest BCUT2D eigenvalue weighted by atomic mass is 16.3. The Morgan fingerprint density at radius 1 is 1.38 bits per heavy atom. The van der Waals surface area contributed by atoms with E-state index >= 15 is 0 Å². The SMILES string of the molecule is Cc1ccc(C(=O)NC[C@@H]2CCN(Cc3ccccn3)C2)c(O)c1. The number of aryl methyl sites for hydroxylation is 1. The Morgan fingerprint density at radius 3 is 3.00 bits per heavy atom. The van der Waals surface area contributed by atoms with Crippen LogP contribution in [0.4, 0.5) is 0 Å². The summed E-state index contributed by atoms with van der Waals surface area (Å²) in [5.41, 5.74) is 2.35. The summed E-state index contributed by atoms with van der Waals surface area (Å²) in [6, 6.07) is 11.1. The molecule has 2 aromatic rings. The maximum Gasteiger partial charge on any atom is 0.255 e. The van der Waals surface area contributed by atoms with Gasteiger partial charge in [-0.05, 0) is 55.6 Å². The Balaban J connectivity index is 1.48. The zero-order valence-electron chi connectivity index (χ0n) is 13.9. The van der Waals surface area contributed by atoms with Crippen molar-refractivity contribution in [2.75, 3.05) is 19.6 Å². The number of nitrogens with zero attached hydrogens (tertiary/aromatic N) is 2. The molecule has 1 saturated heterocycles. The summed E-state index contributed by atoms with van der Waals surface area (Å²) in [6.07, 6.45) is 2.88.